The summed E-state index contributed by atoms with van der Waals surface area (Å²) in [5.74, 6) is -1.49. The predicted octanol–water partition coefficient (Wildman–Crippen LogP) is 5.93. The Balaban J connectivity index is 2.54. The minimum Gasteiger partial charge on any atom is -0.481 e. The summed E-state index contributed by atoms with van der Waals surface area (Å²) in [6, 6.07) is 0. The van der Waals surface area contributed by atoms with Crippen LogP contribution in [0.1, 0.15) is 66.7 Å². The number of ether oxygens (including phenoxy) is 1. The molecule has 0 unspecified atom stereocenters. The molecule has 0 fully saturated rings. The van der Waals surface area contributed by atoms with E-state index in [1.807, 2.05) is 19.1 Å². The molecule has 0 bridgehead atoms. The van der Waals surface area contributed by atoms with Gasteiger partial charge < -0.3 is 9.84 Å². The summed E-state index contributed by atoms with van der Waals surface area (Å²) < 4.78 is 4.98. The van der Waals surface area contributed by atoms with Crippen LogP contribution in [0.4, 0.5) is 0 Å². The third-order valence-electron chi connectivity index (χ3n) is 4.97. The van der Waals surface area contributed by atoms with Crippen molar-refractivity contribution < 1.29 is 19.4 Å². The molecule has 0 aromatic heterocycles. The maximum Gasteiger partial charge on any atom is 0.306 e. The highest BCUT2D eigenvalue weighted by Gasteiger charge is 2.26. The lowest BCUT2D eigenvalue weighted by atomic mass is 9.72. The molecular weight excluding hydrogens is 352 g/mol. The molecule has 4 nitrogen and oxygen atoms in total. The van der Waals surface area contributed by atoms with Crippen molar-refractivity contribution in [3.8, 4) is 0 Å². The monoisotopic (exact) mass is 386 g/mol. The fourth-order valence-corrected chi connectivity index (χ4v) is 3.25. The lowest BCUT2D eigenvalue weighted by Gasteiger charge is -2.32. The molecule has 154 valence electrons. The van der Waals surface area contributed by atoms with Crippen LogP contribution in [0.25, 0.3) is 0 Å². The van der Waals surface area contributed by atoms with E-state index in [4.69, 9.17) is 9.84 Å². The van der Waals surface area contributed by atoms with Crippen LogP contribution in [0.5, 0.6) is 0 Å². The Morgan fingerprint density at radius 2 is 1.86 bits per heavy atom. The topological polar surface area (TPSA) is 63.6 Å². The van der Waals surface area contributed by atoms with Crippen LogP contribution in [-0.4, -0.2) is 23.7 Å². The number of allylic oxidation sites excluding steroid dienone is 9. The van der Waals surface area contributed by atoms with Crippen molar-refractivity contribution in [3.63, 3.8) is 0 Å². The number of hydrogen-bond acceptors (Lipinski definition) is 3. The summed E-state index contributed by atoms with van der Waals surface area (Å²) in [4.78, 5) is 21.8. The van der Waals surface area contributed by atoms with Crippen molar-refractivity contribution >= 4 is 11.9 Å². The molecule has 0 spiro atoms. The van der Waals surface area contributed by atoms with Gasteiger partial charge >= 0.3 is 11.9 Å². The first-order chi connectivity index (χ1) is 13.1. The van der Waals surface area contributed by atoms with Crippen molar-refractivity contribution in [2.24, 2.45) is 5.41 Å². The number of esters is 1. The molecule has 0 saturated heterocycles. The van der Waals surface area contributed by atoms with Crippen LogP contribution >= 0.6 is 0 Å². The van der Waals surface area contributed by atoms with Gasteiger partial charge in [-0.25, -0.2) is 0 Å². The molecule has 0 heterocycles. The van der Waals surface area contributed by atoms with Gasteiger partial charge in [0.25, 0.3) is 0 Å². The Hall–Kier alpha value is -2.36. The van der Waals surface area contributed by atoms with Crippen molar-refractivity contribution in [2.75, 3.05) is 6.61 Å². The summed E-state index contributed by atoms with van der Waals surface area (Å²) in [6.07, 6.45) is 15.6. The zero-order chi connectivity index (χ0) is 21.2. The summed E-state index contributed by atoms with van der Waals surface area (Å²) in [5.41, 5.74) is 5.34. The van der Waals surface area contributed by atoms with E-state index in [9.17, 15) is 9.59 Å². The van der Waals surface area contributed by atoms with Crippen LogP contribution in [0.3, 0.4) is 0 Å². The largest absolute Gasteiger partial charge is 0.481 e. The maximum atomic E-state index is 11.3. The molecule has 0 amide bonds. The minimum atomic E-state index is -0.999. The summed E-state index contributed by atoms with van der Waals surface area (Å²) >= 11 is 0. The van der Waals surface area contributed by atoms with Gasteiger partial charge in [-0.1, -0.05) is 60.9 Å². The first-order valence-corrected chi connectivity index (χ1v) is 9.89. The van der Waals surface area contributed by atoms with Gasteiger partial charge in [0.15, 0.2) is 0 Å². The third kappa shape index (κ3) is 9.03. The Labute approximate surface area is 169 Å². The highest BCUT2D eigenvalue weighted by atomic mass is 16.5. The molecule has 1 aliphatic rings. The van der Waals surface area contributed by atoms with Crippen LogP contribution in [0.15, 0.2) is 58.7 Å². The highest BCUT2D eigenvalue weighted by Crippen LogP contribution is 2.40. The lowest BCUT2D eigenvalue weighted by molar-refractivity contribution is -0.146. The quantitative estimate of drug-likeness (QED) is 0.394. The van der Waals surface area contributed by atoms with Crippen molar-refractivity contribution in [3.05, 3.63) is 58.7 Å². The molecule has 0 atom stereocenters. The molecule has 4 heteroatoms. The molecule has 0 saturated carbocycles. The maximum absolute atomic E-state index is 11.3. The van der Waals surface area contributed by atoms with E-state index in [2.05, 4.69) is 45.9 Å². The van der Waals surface area contributed by atoms with Crippen LogP contribution < -0.4 is 0 Å². The van der Waals surface area contributed by atoms with Crippen LogP contribution in [0.2, 0.25) is 0 Å². The van der Waals surface area contributed by atoms with Crippen LogP contribution in [-0.2, 0) is 14.3 Å². The highest BCUT2D eigenvalue weighted by molar-refractivity contribution is 5.76. The molecule has 0 aliphatic heterocycles. The minimum absolute atomic E-state index is 0.0982. The molecule has 28 heavy (non-hydrogen) atoms. The van der Waals surface area contributed by atoms with E-state index in [-0.39, 0.29) is 24.9 Å². The van der Waals surface area contributed by atoms with Crippen molar-refractivity contribution in [1.29, 1.82) is 0 Å². The molecule has 1 N–H and O–H groups in total. The SMILES string of the molecule is CC(C=CC1=C(C)CCCC1(C)C)=C/C=C\C(C)=CCOC(=O)CCC(=O)O. The van der Waals surface area contributed by atoms with Crippen LogP contribution in [0, 0.1) is 5.41 Å². The second-order valence-electron chi connectivity index (χ2n) is 8.06. The number of carbonyl (C=O) groups is 2. The standard InChI is InChI=1S/C24H34O4/c1-18(11-12-21-20(3)10-7-16-24(21,4)5)8-6-9-19(2)15-17-28-23(27)14-13-22(25)26/h6,8-9,11-12,15H,7,10,13-14,16-17H2,1-5H3,(H,25,26)/b9-6-,12-11?,18-8?,19-15?. The molecule has 0 radical (unpaired) electrons. The zero-order valence-electron chi connectivity index (χ0n) is 17.9. The van der Waals surface area contributed by atoms with Gasteiger partial charge in [-0.05, 0) is 57.1 Å². The summed E-state index contributed by atoms with van der Waals surface area (Å²) in [7, 11) is 0. The van der Waals surface area contributed by atoms with E-state index in [1.54, 1.807) is 6.08 Å². The van der Waals surface area contributed by atoms with E-state index >= 15 is 0 Å². The van der Waals surface area contributed by atoms with Gasteiger partial charge in [-0.2, -0.15) is 0 Å². The molecule has 0 aromatic rings. The number of carboxylic acids is 1. The summed E-state index contributed by atoms with van der Waals surface area (Å²) in [6.45, 7) is 11.0. The second kappa shape index (κ2) is 11.5. The number of rotatable bonds is 9. The third-order valence-corrected chi connectivity index (χ3v) is 4.97. The summed E-state index contributed by atoms with van der Waals surface area (Å²) in [5, 5.41) is 8.53. The molecule has 1 rings (SSSR count). The average molecular weight is 387 g/mol. The molecular formula is C24H34O4. The molecule has 1 aliphatic carbocycles. The smallest absolute Gasteiger partial charge is 0.306 e. The fraction of sp³-hybridized carbons (Fsp3) is 0.500. The fourth-order valence-electron chi connectivity index (χ4n) is 3.25. The Kier molecular flexibility index (Phi) is 9.70. The van der Waals surface area contributed by atoms with Gasteiger partial charge in [0.05, 0.1) is 12.8 Å². The van der Waals surface area contributed by atoms with Gasteiger partial charge in [0.1, 0.15) is 6.61 Å². The number of aliphatic carboxylic acids is 1. The average Bonchev–Trinajstić information content (AvgIpc) is 2.59. The predicted molar refractivity (Wildman–Crippen MR) is 114 cm³/mol. The number of hydrogen-bond donors (Lipinski definition) is 1. The Morgan fingerprint density at radius 3 is 2.50 bits per heavy atom. The van der Waals surface area contributed by atoms with Gasteiger partial charge in [-0.15, -0.1) is 0 Å². The Bertz CT molecular complexity index is 715. The first-order valence-electron chi connectivity index (χ1n) is 9.89. The Morgan fingerprint density at radius 1 is 1.14 bits per heavy atom. The van der Waals surface area contributed by atoms with Gasteiger partial charge in [0, 0.05) is 0 Å². The van der Waals surface area contributed by atoms with E-state index in [0.29, 0.717) is 0 Å². The molecule has 0 aromatic carbocycles. The zero-order valence-corrected chi connectivity index (χ0v) is 17.9. The first kappa shape index (κ1) is 23.7. The van der Waals surface area contributed by atoms with Crippen molar-refractivity contribution in [1.82, 2.24) is 0 Å². The number of carbonyl (C=O) groups excluding carboxylic acids is 1. The van der Waals surface area contributed by atoms with Crippen molar-refractivity contribution in [2.45, 2.75) is 66.7 Å². The van der Waals surface area contributed by atoms with Gasteiger partial charge in [-0.3, -0.25) is 9.59 Å². The van der Waals surface area contributed by atoms with E-state index in [1.165, 1.54) is 36.0 Å². The second-order valence-corrected chi connectivity index (χ2v) is 8.06. The van der Waals surface area contributed by atoms with E-state index < -0.39 is 11.9 Å². The number of carboxylic acid groups (broad SMARTS) is 1. The lowest BCUT2D eigenvalue weighted by Crippen LogP contribution is -2.19. The normalized spacial score (nSPS) is 18.2. The van der Waals surface area contributed by atoms with E-state index in [0.717, 1.165) is 5.57 Å². The van der Waals surface area contributed by atoms with Gasteiger partial charge in [0.2, 0.25) is 0 Å².